The van der Waals surface area contributed by atoms with E-state index >= 15 is 0 Å². The highest BCUT2D eigenvalue weighted by Gasteiger charge is 2.10. The van der Waals surface area contributed by atoms with Crippen LogP contribution in [0.15, 0.2) is 0 Å². The summed E-state index contributed by atoms with van der Waals surface area (Å²) in [5, 5.41) is 3.43. The summed E-state index contributed by atoms with van der Waals surface area (Å²) in [5.74, 6) is 0.597. The van der Waals surface area contributed by atoms with Crippen LogP contribution >= 0.6 is 0 Å². The van der Waals surface area contributed by atoms with E-state index in [2.05, 4.69) is 33.0 Å². The molecule has 0 fully saturated rings. The van der Waals surface area contributed by atoms with Crippen molar-refractivity contribution in [3.8, 4) is 0 Å². The van der Waals surface area contributed by atoms with Gasteiger partial charge in [-0.2, -0.15) is 0 Å². The van der Waals surface area contributed by atoms with E-state index in [0.29, 0.717) is 5.92 Å². The van der Waals surface area contributed by atoms with Crippen LogP contribution in [0.25, 0.3) is 0 Å². The Labute approximate surface area is 70.3 Å². The quantitative estimate of drug-likeness (QED) is 0.673. The number of hydrogen-bond acceptors (Lipinski definition) is 2. The van der Waals surface area contributed by atoms with E-state index in [1.807, 2.05) is 0 Å². The van der Waals surface area contributed by atoms with Crippen LogP contribution in [0.3, 0.4) is 0 Å². The van der Waals surface area contributed by atoms with Gasteiger partial charge in [0.25, 0.3) is 0 Å². The van der Waals surface area contributed by atoms with E-state index in [1.165, 1.54) is 0 Å². The van der Waals surface area contributed by atoms with Gasteiger partial charge in [0.05, 0.1) is 0 Å². The first-order chi connectivity index (χ1) is 4.95. The molecule has 2 nitrogen and oxygen atoms in total. The SMILES string of the molecule is COCC(C)CNC(C)(C)C. The molecule has 0 aliphatic carbocycles. The Morgan fingerprint density at radius 2 is 1.91 bits per heavy atom. The van der Waals surface area contributed by atoms with E-state index in [0.717, 1.165) is 13.2 Å². The van der Waals surface area contributed by atoms with Crippen molar-refractivity contribution < 1.29 is 4.74 Å². The summed E-state index contributed by atoms with van der Waals surface area (Å²) in [7, 11) is 1.74. The smallest absolute Gasteiger partial charge is 0.0499 e. The molecule has 0 saturated heterocycles. The standard InChI is InChI=1S/C9H21NO/c1-8(7-11-5)6-10-9(2,3)4/h8,10H,6-7H2,1-5H3. The fourth-order valence-electron chi connectivity index (χ4n) is 0.824. The lowest BCUT2D eigenvalue weighted by Gasteiger charge is -2.23. The normalized spacial score (nSPS) is 15.0. The van der Waals surface area contributed by atoms with Crippen molar-refractivity contribution >= 4 is 0 Å². The van der Waals surface area contributed by atoms with Crippen LogP contribution in [0.2, 0.25) is 0 Å². The third kappa shape index (κ3) is 7.82. The zero-order chi connectivity index (χ0) is 8.91. The molecule has 1 unspecified atom stereocenters. The average Bonchev–Trinajstić information content (AvgIpc) is 1.83. The van der Waals surface area contributed by atoms with Gasteiger partial charge in [-0.1, -0.05) is 6.92 Å². The molecule has 0 spiro atoms. The fraction of sp³-hybridized carbons (Fsp3) is 1.00. The molecule has 11 heavy (non-hydrogen) atoms. The molecule has 1 atom stereocenters. The molecule has 0 aliphatic heterocycles. The minimum Gasteiger partial charge on any atom is -0.384 e. The maximum atomic E-state index is 5.03. The first-order valence-electron chi connectivity index (χ1n) is 4.19. The van der Waals surface area contributed by atoms with E-state index in [9.17, 15) is 0 Å². The van der Waals surface area contributed by atoms with E-state index in [-0.39, 0.29) is 5.54 Å². The van der Waals surface area contributed by atoms with E-state index in [1.54, 1.807) is 7.11 Å². The summed E-state index contributed by atoms with van der Waals surface area (Å²) < 4.78 is 5.03. The van der Waals surface area contributed by atoms with Gasteiger partial charge < -0.3 is 10.1 Å². The van der Waals surface area contributed by atoms with Crippen molar-refractivity contribution in [3.05, 3.63) is 0 Å². The molecular weight excluding hydrogens is 138 g/mol. The molecule has 0 amide bonds. The van der Waals surface area contributed by atoms with Gasteiger partial charge in [-0.15, -0.1) is 0 Å². The van der Waals surface area contributed by atoms with Crippen molar-refractivity contribution in [2.75, 3.05) is 20.3 Å². The van der Waals surface area contributed by atoms with E-state index in [4.69, 9.17) is 4.74 Å². The van der Waals surface area contributed by atoms with Crippen LogP contribution in [0.4, 0.5) is 0 Å². The van der Waals surface area contributed by atoms with Crippen LogP contribution in [0, 0.1) is 5.92 Å². The second-order valence-corrected chi connectivity index (χ2v) is 4.19. The molecule has 0 aliphatic rings. The molecule has 1 N–H and O–H groups in total. The third-order valence-electron chi connectivity index (χ3n) is 1.43. The van der Waals surface area contributed by atoms with Crippen molar-refractivity contribution in [2.45, 2.75) is 33.2 Å². The number of methoxy groups -OCH3 is 1. The highest BCUT2D eigenvalue weighted by atomic mass is 16.5. The summed E-state index contributed by atoms with van der Waals surface area (Å²) in [4.78, 5) is 0. The second-order valence-electron chi connectivity index (χ2n) is 4.19. The summed E-state index contributed by atoms with van der Waals surface area (Å²) in [6.45, 7) is 10.6. The number of nitrogens with one attached hydrogen (secondary N) is 1. The van der Waals surface area contributed by atoms with Gasteiger partial charge in [0.2, 0.25) is 0 Å². The van der Waals surface area contributed by atoms with Crippen LogP contribution in [0.5, 0.6) is 0 Å². The first kappa shape index (κ1) is 10.9. The van der Waals surface area contributed by atoms with Gasteiger partial charge in [-0.3, -0.25) is 0 Å². The van der Waals surface area contributed by atoms with Crippen LogP contribution < -0.4 is 5.32 Å². The lowest BCUT2D eigenvalue weighted by molar-refractivity contribution is 0.154. The Bertz CT molecular complexity index is 96.2. The maximum Gasteiger partial charge on any atom is 0.0499 e. The Hall–Kier alpha value is -0.0800. The zero-order valence-corrected chi connectivity index (χ0v) is 8.40. The monoisotopic (exact) mass is 159 g/mol. The van der Waals surface area contributed by atoms with Crippen LogP contribution in [-0.2, 0) is 4.74 Å². The van der Waals surface area contributed by atoms with Gasteiger partial charge in [0.15, 0.2) is 0 Å². The number of rotatable bonds is 4. The van der Waals surface area contributed by atoms with E-state index < -0.39 is 0 Å². The largest absolute Gasteiger partial charge is 0.384 e. The molecular formula is C9H21NO. The van der Waals surface area contributed by atoms with Crippen molar-refractivity contribution in [2.24, 2.45) is 5.92 Å². The molecule has 0 bridgehead atoms. The zero-order valence-electron chi connectivity index (χ0n) is 8.40. The molecule has 0 aromatic rings. The maximum absolute atomic E-state index is 5.03. The Morgan fingerprint density at radius 1 is 1.36 bits per heavy atom. The molecule has 0 aromatic heterocycles. The van der Waals surface area contributed by atoms with Crippen LogP contribution in [0.1, 0.15) is 27.7 Å². The topological polar surface area (TPSA) is 21.3 Å². The lowest BCUT2D eigenvalue weighted by Crippen LogP contribution is -2.39. The third-order valence-corrected chi connectivity index (χ3v) is 1.43. The number of hydrogen-bond donors (Lipinski definition) is 1. The summed E-state index contributed by atoms with van der Waals surface area (Å²) in [6, 6.07) is 0. The first-order valence-corrected chi connectivity index (χ1v) is 4.19. The van der Waals surface area contributed by atoms with Crippen molar-refractivity contribution in [1.29, 1.82) is 0 Å². The predicted octanol–water partition coefficient (Wildman–Crippen LogP) is 1.66. The van der Waals surface area contributed by atoms with Gasteiger partial charge in [0, 0.05) is 25.8 Å². The molecule has 0 aromatic carbocycles. The molecule has 0 rings (SSSR count). The average molecular weight is 159 g/mol. The van der Waals surface area contributed by atoms with Crippen LogP contribution in [-0.4, -0.2) is 25.8 Å². The van der Waals surface area contributed by atoms with Gasteiger partial charge >= 0.3 is 0 Å². The summed E-state index contributed by atoms with van der Waals surface area (Å²) in [5.41, 5.74) is 0.224. The highest BCUT2D eigenvalue weighted by molar-refractivity contribution is 4.71. The van der Waals surface area contributed by atoms with Gasteiger partial charge in [-0.25, -0.2) is 0 Å². The fourth-order valence-corrected chi connectivity index (χ4v) is 0.824. The second kappa shape index (κ2) is 4.73. The Kier molecular flexibility index (Phi) is 4.69. The Morgan fingerprint density at radius 3 is 2.27 bits per heavy atom. The summed E-state index contributed by atoms with van der Waals surface area (Å²) in [6.07, 6.45) is 0. The summed E-state index contributed by atoms with van der Waals surface area (Å²) >= 11 is 0. The molecule has 0 heterocycles. The minimum atomic E-state index is 0.224. The molecule has 68 valence electrons. The number of ether oxygens (including phenoxy) is 1. The Balaban J connectivity index is 3.38. The van der Waals surface area contributed by atoms with Gasteiger partial charge in [0.1, 0.15) is 0 Å². The lowest BCUT2D eigenvalue weighted by atomic mass is 10.1. The predicted molar refractivity (Wildman–Crippen MR) is 48.8 cm³/mol. The molecule has 2 heteroatoms. The highest BCUT2D eigenvalue weighted by Crippen LogP contribution is 2.01. The molecule has 0 saturated carbocycles. The van der Waals surface area contributed by atoms with Crippen molar-refractivity contribution in [3.63, 3.8) is 0 Å². The molecule has 0 radical (unpaired) electrons. The van der Waals surface area contributed by atoms with Crippen molar-refractivity contribution in [1.82, 2.24) is 5.32 Å². The van der Waals surface area contributed by atoms with Gasteiger partial charge in [-0.05, 0) is 26.7 Å². The minimum absolute atomic E-state index is 0.224.